The Hall–Kier alpha value is -2.29. The summed E-state index contributed by atoms with van der Waals surface area (Å²) in [4.78, 5) is 14.7. The van der Waals surface area contributed by atoms with Crippen molar-refractivity contribution in [1.29, 1.82) is 0 Å². The van der Waals surface area contributed by atoms with E-state index in [2.05, 4.69) is 67.4 Å². The summed E-state index contributed by atoms with van der Waals surface area (Å²) in [5, 5.41) is 3.11. The molecule has 0 aliphatic rings. The number of benzene rings is 2. The van der Waals surface area contributed by atoms with Crippen molar-refractivity contribution in [1.82, 2.24) is 5.32 Å². The zero-order valence-corrected chi connectivity index (χ0v) is 16.4. The number of hydrogen-bond donors (Lipinski definition) is 1. The molecule has 0 radical (unpaired) electrons. The normalized spacial score (nSPS) is 11.8. The molecule has 1 amide bonds. The number of carbonyl (C=O) groups is 1. The van der Waals surface area contributed by atoms with E-state index in [1.807, 2.05) is 18.2 Å². The first kappa shape index (κ1) is 20.0. The molecule has 0 heterocycles. The van der Waals surface area contributed by atoms with Crippen LogP contribution in [0.25, 0.3) is 0 Å². The van der Waals surface area contributed by atoms with Gasteiger partial charge >= 0.3 is 0 Å². The molecule has 26 heavy (non-hydrogen) atoms. The van der Waals surface area contributed by atoms with Crippen molar-refractivity contribution < 1.29 is 4.79 Å². The highest BCUT2D eigenvalue weighted by Gasteiger charge is 2.10. The minimum Gasteiger partial charge on any atom is -0.372 e. The standard InChI is InChI=1S/C23H32N2O/c1-4-15-25(16-5-2)22-13-11-21(12-14-22)18-23(26)24-19(3)17-20-9-7-6-8-10-20/h6-14,19H,4-5,15-18H2,1-3H3,(H,24,26)/t19-/m1/s1. The van der Waals surface area contributed by atoms with Gasteiger partial charge in [0.25, 0.3) is 0 Å². The molecule has 0 saturated carbocycles. The highest BCUT2D eigenvalue weighted by Crippen LogP contribution is 2.16. The molecule has 0 bridgehead atoms. The smallest absolute Gasteiger partial charge is 0.224 e. The molecule has 0 aliphatic heterocycles. The minimum atomic E-state index is 0.0835. The van der Waals surface area contributed by atoms with Crippen molar-refractivity contribution in [2.45, 2.75) is 52.5 Å². The lowest BCUT2D eigenvalue weighted by molar-refractivity contribution is -0.121. The van der Waals surface area contributed by atoms with Gasteiger partial charge in [-0.1, -0.05) is 56.3 Å². The molecule has 0 fully saturated rings. The summed E-state index contributed by atoms with van der Waals surface area (Å²) in [5.74, 6) is 0.0835. The van der Waals surface area contributed by atoms with Crippen molar-refractivity contribution in [3.63, 3.8) is 0 Å². The summed E-state index contributed by atoms with van der Waals surface area (Å²) in [7, 11) is 0. The van der Waals surface area contributed by atoms with Gasteiger partial charge in [-0.2, -0.15) is 0 Å². The zero-order chi connectivity index (χ0) is 18.8. The van der Waals surface area contributed by atoms with Crippen LogP contribution in [0.2, 0.25) is 0 Å². The first-order valence-corrected chi connectivity index (χ1v) is 9.79. The van der Waals surface area contributed by atoms with Gasteiger partial charge in [-0.3, -0.25) is 4.79 Å². The second-order valence-electron chi connectivity index (χ2n) is 6.99. The van der Waals surface area contributed by atoms with E-state index < -0.39 is 0 Å². The van der Waals surface area contributed by atoms with Gasteiger partial charge in [-0.15, -0.1) is 0 Å². The van der Waals surface area contributed by atoms with E-state index in [0.717, 1.165) is 37.9 Å². The second-order valence-corrected chi connectivity index (χ2v) is 6.99. The number of nitrogens with zero attached hydrogens (tertiary/aromatic N) is 1. The average Bonchev–Trinajstić information content (AvgIpc) is 2.63. The number of hydrogen-bond acceptors (Lipinski definition) is 2. The van der Waals surface area contributed by atoms with Gasteiger partial charge in [-0.25, -0.2) is 0 Å². The van der Waals surface area contributed by atoms with Gasteiger partial charge < -0.3 is 10.2 Å². The topological polar surface area (TPSA) is 32.3 Å². The molecule has 2 aromatic carbocycles. The Balaban J connectivity index is 1.86. The summed E-state index contributed by atoms with van der Waals surface area (Å²) in [6.07, 6.45) is 3.57. The Morgan fingerprint density at radius 1 is 0.923 bits per heavy atom. The lowest BCUT2D eigenvalue weighted by Gasteiger charge is -2.24. The molecule has 0 aliphatic carbocycles. The van der Waals surface area contributed by atoms with E-state index in [4.69, 9.17) is 0 Å². The van der Waals surface area contributed by atoms with Crippen LogP contribution in [0.1, 0.15) is 44.7 Å². The Bertz CT molecular complexity index is 646. The molecule has 2 rings (SSSR count). The van der Waals surface area contributed by atoms with Crippen molar-refractivity contribution in [2.75, 3.05) is 18.0 Å². The van der Waals surface area contributed by atoms with Crippen molar-refractivity contribution >= 4 is 11.6 Å². The summed E-state index contributed by atoms with van der Waals surface area (Å²) >= 11 is 0. The molecular weight excluding hydrogens is 320 g/mol. The maximum atomic E-state index is 12.3. The lowest BCUT2D eigenvalue weighted by Crippen LogP contribution is -2.35. The fraction of sp³-hybridized carbons (Fsp3) is 0.435. The van der Waals surface area contributed by atoms with Crippen LogP contribution in [-0.2, 0) is 17.6 Å². The Labute approximate surface area is 158 Å². The summed E-state index contributed by atoms with van der Waals surface area (Å²) in [5.41, 5.74) is 3.55. The number of amides is 1. The molecule has 0 unspecified atom stereocenters. The van der Waals surface area contributed by atoms with Crippen LogP contribution in [0, 0.1) is 0 Å². The Morgan fingerprint density at radius 3 is 2.12 bits per heavy atom. The SMILES string of the molecule is CCCN(CCC)c1ccc(CC(=O)N[C@H](C)Cc2ccccc2)cc1. The number of nitrogens with one attached hydrogen (secondary N) is 1. The van der Waals surface area contributed by atoms with Crippen LogP contribution in [0.4, 0.5) is 5.69 Å². The Morgan fingerprint density at radius 2 is 1.54 bits per heavy atom. The highest BCUT2D eigenvalue weighted by molar-refractivity contribution is 5.79. The predicted octanol–water partition coefficient (Wildman–Crippen LogP) is 4.60. The van der Waals surface area contributed by atoms with Crippen LogP contribution >= 0.6 is 0 Å². The molecule has 3 nitrogen and oxygen atoms in total. The monoisotopic (exact) mass is 352 g/mol. The van der Waals surface area contributed by atoms with Crippen LogP contribution in [0.15, 0.2) is 54.6 Å². The molecule has 1 N–H and O–H groups in total. The van der Waals surface area contributed by atoms with Crippen LogP contribution < -0.4 is 10.2 Å². The summed E-state index contributed by atoms with van der Waals surface area (Å²) in [6.45, 7) is 8.62. The molecule has 140 valence electrons. The van der Waals surface area contributed by atoms with E-state index in [9.17, 15) is 4.79 Å². The highest BCUT2D eigenvalue weighted by atomic mass is 16.1. The fourth-order valence-corrected chi connectivity index (χ4v) is 3.26. The Kier molecular flexibility index (Phi) is 8.20. The quantitative estimate of drug-likeness (QED) is 0.677. The third kappa shape index (κ3) is 6.55. The second kappa shape index (κ2) is 10.6. The molecular formula is C23H32N2O. The summed E-state index contributed by atoms with van der Waals surface area (Å²) in [6, 6.07) is 18.8. The van der Waals surface area contributed by atoms with Gasteiger partial charge in [0, 0.05) is 24.8 Å². The van der Waals surface area contributed by atoms with Crippen molar-refractivity contribution in [3.05, 3.63) is 65.7 Å². The molecule has 0 saturated heterocycles. The fourth-order valence-electron chi connectivity index (χ4n) is 3.26. The van der Waals surface area contributed by atoms with E-state index in [0.29, 0.717) is 6.42 Å². The van der Waals surface area contributed by atoms with Crippen molar-refractivity contribution in [3.8, 4) is 0 Å². The number of anilines is 1. The molecule has 2 aromatic rings. The first-order valence-electron chi connectivity index (χ1n) is 9.79. The third-order valence-corrected chi connectivity index (χ3v) is 4.45. The predicted molar refractivity (Wildman–Crippen MR) is 111 cm³/mol. The molecule has 3 heteroatoms. The van der Waals surface area contributed by atoms with Crippen molar-refractivity contribution in [2.24, 2.45) is 0 Å². The number of rotatable bonds is 10. The van der Waals surface area contributed by atoms with Gasteiger partial charge in [0.1, 0.15) is 0 Å². The van der Waals surface area contributed by atoms with Gasteiger partial charge in [0.15, 0.2) is 0 Å². The molecule has 1 atom stereocenters. The van der Waals surface area contributed by atoms with Gasteiger partial charge in [-0.05, 0) is 49.4 Å². The lowest BCUT2D eigenvalue weighted by atomic mass is 10.1. The largest absolute Gasteiger partial charge is 0.372 e. The van der Waals surface area contributed by atoms with Crippen LogP contribution in [0.5, 0.6) is 0 Å². The minimum absolute atomic E-state index is 0.0835. The van der Waals surface area contributed by atoms with Crippen LogP contribution in [-0.4, -0.2) is 25.0 Å². The molecule has 0 spiro atoms. The zero-order valence-electron chi connectivity index (χ0n) is 16.4. The van der Waals surface area contributed by atoms with Crippen LogP contribution in [0.3, 0.4) is 0 Å². The maximum absolute atomic E-state index is 12.3. The third-order valence-electron chi connectivity index (χ3n) is 4.45. The summed E-state index contributed by atoms with van der Waals surface area (Å²) < 4.78 is 0. The van der Waals surface area contributed by atoms with E-state index in [1.54, 1.807) is 0 Å². The van der Waals surface area contributed by atoms with E-state index in [1.165, 1.54) is 11.3 Å². The van der Waals surface area contributed by atoms with E-state index in [-0.39, 0.29) is 11.9 Å². The van der Waals surface area contributed by atoms with Gasteiger partial charge in [0.05, 0.1) is 6.42 Å². The maximum Gasteiger partial charge on any atom is 0.224 e. The van der Waals surface area contributed by atoms with E-state index >= 15 is 0 Å². The van der Waals surface area contributed by atoms with Gasteiger partial charge in [0.2, 0.25) is 5.91 Å². The first-order chi connectivity index (χ1) is 12.6. The molecule has 0 aromatic heterocycles. The number of carbonyl (C=O) groups excluding carboxylic acids is 1. The average molecular weight is 353 g/mol.